The van der Waals surface area contributed by atoms with E-state index < -0.39 is 23.8 Å². The summed E-state index contributed by atoms with van der Waals surface area (Å²) in [6.07, 6.45) is 8.90. The highest BCUT2D eigenvalue weighted by molar-refractivity contribution is 5.98. The molecule has 1 unspecified atom stereocenters. The van der Waals surface area contributed by atoms with Crippen molar-refractivity contribution in [3.05, 3.63) is 41.7 Å². The van der Waals surface area contributed by atoms with Gasteiger partial charge in [0.15, 0.2) is 11.5 Å². The van der Waals surface area contributed by atoms with Crippen LogP contribution in [0, 0.1) is 11.7 Å². The molecule has 3 aromatic heterocycles. The molecule has 3 heterocycles. The highest BCUT2D eigenvalue weighted by atomic mass is 19.3. The van der Waals surface area contributed by atoms with Gasteiger partial charge >= 0.3 is 0 Å². The van der Waals surface area contributed by atoms with Crippen LogP contribution >= 0.6 is 0 Å². The van der Waals surface area contributed by atoms with Gasteiger partial charge in [-0.2, -0.15) is 5.10 Å². The Balaban J connectivity index is 0.000000828. The molecule has 0 radical (unpaired) electrons. The smallest absolute Gasteiger partial charge is 0.267 e. The summed E-state index contributed by atoms with van der Waals surface area (Å²) in [7, 11) is 0. The summed E-state index contributed by atoms with van der Waals surface area (Å²) < 4.78 is 45.9. The lowest BCUT2D eigenvalue weighted by Gasteiger charge is -2.22. The van der Waals surface area contributed by atoms with E-state index in [-0.39, 0.29) is 45.4 Å². The van der Waals surface area contributed by atoms with E-state index in [1.807, 2.05) is 0 Å². The first-order chi connectivity index (χ1) is 17.4. The molecular formula is C24H24F3N7O2. The van der Waals surface area contributed by atoms with Gasteiger partial charge in [0.05, 0.1) is 41.4 Å². The van der Waals surface area contributed by atoms with Crippen LogP contribution in [0.15, 0.2) is 24.8 Å². The maximum absolute atomic E-state index is 15.8. The summed E-state index contributed by atoms with van der Waals surface area (Å²) in [6, 6.07) is -0.752. The van der Waals surface area contributed by atoms with Crippen molar-refractivity contribution in [3.63, 3.8) is 0 Å². The summed E-state index contributed by atoms with van der Waals surface area (Å²) in [6.45, 7) is 1.30. The minimum atomic E-state index is -3.15. The Morgan fingerprint density at radius 2 is 1.94 bits per heavy atom. The molecule has 0 saturated heterocycles. The van der Waals surface area contributed by atoms with Gasteiger partial charge < -0.3 is 15.0 Å². The zero-order valence-electron chi connectivity index (χ0n) is 19.4. The zero-order valence-corrected chi connectivity index (χ0v) is 19.4. The number of rotatable bonds is 7. The number of benzene rings is 1. The number of aromatic nitrogens is 5. The molecule has 12 heteroatoms. The first-order valence-electron chi connectivity index (χ1n) is 11.7. The number of hydrogen-bond acceptors (Lipinski definition) is 5. The van der Waals surface area contributed by atoms with Gasteiger partial charge in [-0.15, -0.1) is 0 Å². The molecule has 2 aliphatic carbocycles. The zero-order chi connectivity index (χ0) is 25.4. The van der Waals surface area contributed by atoms with Gasteiger partial charge in [-0.05, 0) is 18.8 Å². The topological polar surface area (TPSA) is 117 Å². The van der Waals surface area contributed by atoms with Gasteiger partial charge in [0.2, 0.25) is 12.3 Å². The number of carbonyl (C=O) groups is 2. The van der Waals surface area contributed by atoms with Crippen molar-refractivity contribution < 1.29 is 22.8 Å². The quantitative estimate of drug-likeness (QED) is 0.320. The first kappa shape index (κ1) is 23.8. The van der Waals surface area contributed by atoms with Crippen LogP contribution in [0.5, 0.6) is 0 Å². The van der Waals surface area contributed by atoms with Gasteiger partial charge in [0, 0.05) is 29.6 Å². The minimum Gasteiger partial charge on any atom is -0.349 e. The maximum atomic E-state index is 15.8. The van der Waals surface area contributed by atoms with E-state index in [1.54, 1.807) is 0 Å². The molecule has 3 N–H and O–H groups in total. The lowest BCUT2D eigenvalue weighted by atomic mass is 9.91. The molecule has 0 bridgehead atoms. The summed E-state index contributed by atoms with van der Waals surface area (Å²) in [4.78, 5) is 30.8. The van der Waals surface area contributed by atoms with Crippen molar-refractivity contribution in [2.24, 2.45) is 5.92 Å². The number of amides is 2. The predicted octanol–water partition coefficient (Wildman–Crippen LogP) is 4.68. The molecule has 2 amide bonds. The highest BCUT2D eigenvalue weighted by Gasteiger charge is 2.39. The number of anilines is 1. The minimum absolute atomic E-state index is 0.0274. The molecule has 4 aromatic rings. The van der Waals surface area contributed by atoms with E-state index in [9.17, 15) is 18.4 Å². The number of nitrogens with one attached hydrogen (secondary N) is 3. The number of alkyl halides is 2. The Labute approximate surface area is 203 Å². The van der Waals surface area contributed by atoms with Crippen molar-refractivity contribution in [1.82, 2.24) is 29.9 Å². The molecule has 2 fully saturated rings. The molecule has 0 aliphatic heterocycles. The Morgan fingerprint density at radius 1 is 1.19 bits per heavy atom. The Bertz CT molecular complexity index is 1440. The van der Waals surface area contributed by atoms with Crippen molar-refractivity contribution in [3.8, 4) is 11.3 Å². The van der Waals surface area contributed by atoms with Crippen LogP contribution in [-0.4, -0.2) is 36.9 Å². The van der Waals surface area contributed by atoms with Gasteiger partial charge in [0.25, 0.3) is 6.43 Å². The monoisotopic (exact) mass is 499 g/mol. The summed E-state index contributed by atoms with van der Waals surface area (Å²) in [5, 5.41) is 12.1. The Hall–Kier alpha value is -3.96. The third-order valence-corrected chi connectivity index (χ3v) is 6.06. The van der Waals surface area contributed by atoms with Crippen LogP contribution in [0.25, 0.3) is 27.8 Å². The van der Waals surface area contributed by atoms with Crippen LogP contribution in [0.1, 0.15) is 62.6 Å². The number of carbonyl (C=O) groups excluding carboxylic acids is 2. The fourth-order valence-corrected chi connectivity index (χ4v) is 4.20. The van der Waals surface area contributed by atoms with Crippen LogP contribution in [0.3, 0.4) is 0 Å². The van der Waals surface area contributed by atoms with Crippen LogP contribution in [0.2, 0.25) is 0 Å². The van der Waals surface area contributed by atoms with Gasteiger partial charge in [-0.1, -0.05) is 19.3 Å². The van der Waals surface area contributed by atoms with E-state index in [0.717, 1.165) is 12.8 Å². The van der Waals surface area contributed by atoms with Crippen molar-refractivity contribution in [2.75, 3.05) is 5.32 Å². The predicted molar refractivity (Wildman–Crippen MR) is 126 cm³/mol. The van der Waals surface area contributed by atoms with E-state index in [4.69, 9.17) is 0 Å². The SMILES string of the molecule is C1CC1.CC(=O)NC(c1c(F)c(C(F)F)c(-c2cn3cc(NC=O)nc3cn2)c2cn[nH]c12)C1CC1. The van der Waals surface area contributed by atoms with E-state index in [1.165, 1.54) is 55.4 Å². The number of imidazole rings is 1. The lowest BCUT2D eigenvalue weighted by molar-refractivity contribution is -0.119. The second kappa shape index (κ2) is 9.59. The molecule has 1 aromatic carbocycles. The third kappa shape index (κ3) is 4.62. The summed E-state index contributed by atoms with van der Waals surface area (Å²) >= 11 is 0. The molecular weight excluding hydrogens is 475 g/mol. The molecule has 0 spiro atoms. The van der Waals surface area contributed by atoms with Gasteiger partial charge in [0.1, 0.15) is 5.82 Å². The number of H-pyrrole nitrogens is 1. The first-order valence-corrected chi connectivity index (χ1v) is 11.7. The average Bonchev–Trinajstić information content (AvgIpc) is 3.77. The molecule has 1 atom stereocenters. The Kier molecular flexibility index (Phi) is 6.33. The summed E-state index contributed by atoms with van der Waals surface area (Å²) in [5.74, 6) is -1.28. The number of aromatic amines is 1. The molecule has 9 nitrogen and oxygen atoms in total. The van der Waals surface area contributed by atoms with E-state index >= 15 is 4.39 Å². The molecule has 188 valence electrons. The number of nitrogens with zero attached hydrogens (tertiary/aromatic N) is 4. The van der Waals surface area contributed by atoms with Crippen LogP contribution in [0.4, 0.5) is 19.0 Å². The van der Waals surface area contributed by atoms with E-state index in [0.29, 0.717) is 12.1 Å². The number of hydrogen-bond donors (Lipinski definition) is 3. The highest BCUT2D eigenvalue weighted by Crippen LogP contribution is 2.47. The number of fused-ring (bicyclic) bond motifs is 2. The van der Waals surface area contributed by atoms with Crippen molar-refractivity contribution >= 4 is 34.7 Å². The molecule has 6 rings (SSSR count). The van der Waals surface area contributed by atoms with E-state index in [2.05, 4.69) is 30.8 Å². The number of halogens is 3. The molecule has 2 aliphatic rings. The molecule has 36 heavy (non-hydrogen) atoms. The van der Waals surface area contributed by atoms with Gasteiger partial charge in [-0.3, -0.25) is 19.7 Å². The van der Waals surface area contributed by atoms with Gasteiger partial charge in [-0.25, -0.2) is 18.2 Å². The van der Waals surface area contributed by atoms with Crippen LogP contribution in [-0.2, 0) is 9.59 Å². The molecule has 2 saturated carbocycles. The average molecular weight is 499 g/mol. The second-order valence-corrected chi connectivity index (χ2v) is 8.98. The Morgan fingerprint density at radius 3 is 2.56 bits per heavy atom. The largest absolute Gasteiger partial charge is 0.349 e. The third-order valence-electron chi connectivity index (χ3n) is 6.06. The standard InChI is InChI=1S/C21H18F3N7O2.C3H6/c1-9(33)28-19(10-2-3-10)17-18(22)16(21(23)24)15(11-4-27-30-20(11)17)12-6-31-7-13(26-8-32)29-14(31)5-25-12;1-2-3-1/h4-8,10,19,21H,2-3H2,1H3,(H,26,32)(H,27,30)(H,28,33);1-3H2. The fourth-order valence-electron chi connectivity index (χ4n) is 4.20. The normalized spacial score (nSPS) is 15.5. The van der Waals surface area contributed by atoms with Crippen LogP contribution < -0.4 is 10.6 Å². The fraction of sp³-hybridized carbons (Fsp3) is 0.375. The van der Waals surface area contributed by atoms with Crippen molar-refractivity contribution in [1.29, 1.82) is 0 Å². The lowest BCUT2D eigenvalue weighted by Crippen LogP contribution is -2.29. The second-order valence-electron chi connectivity index (χ2n) is 8.98. The maximum Gasteiger partial charge on any atom is 0.267 e. The van der Waals surface area contributed by atoms with Crippen molar-refractivity contribution in [2.45, 2.75) is 51.5 Å². The summed E-state index contributed by atoms with van der Waals surface area (Å²) in [5.41, 5.74) is -0.274.